The molecule has 2 aromatic heterocycles. The number of carboxylic acids is 1. The van der Waals surface area contributed by atoms with Crippen molar-refractivity contribution >= 4 is 47.2 Å². The van der Waals surface area contributed by atoms with Gasteiger partial charge in [0.05, 0.1) is 5.56 Å². The second kappa shape index (κ2) is 8.17. The Balaban J connectivity index is 0.00000243. The van der Waals surface area contributed by atoms with Crippen LogP contribution in [0.25, 0.3) is 11.4 Å². The molecule has 1 aromatic carbocycles. The van der Waals surface area contributed by atoms with Crippen LogP contribution in [0.5, 0.6) is 0 Å². The van der Waals surface area contributed by atoms with Gasteiger partial charge in [-0.3, -0.25) is 4.98 Å². The fourth-order valence-corrected chi connectivity index (χ4v) is 2.15. The number of rotatable bonds is 3. The number of carbonyl (C=O) groups is 2. The molecule has 0 aliphatic rings. The summed E-state index contributed by atoms with van der Waals surface area (Å²) in [4.78, 5) is 27.3. The Morgan fingerprint density at radius 1 is 1.12 bits per heavy atom. The van der Waals surface area contributed by atoms with Gasteiger partial charge in [-0.05, 0) is 30.3 Å². The summed E-state index contributed by atoms with van der Waals surface area (Å²) >= 11 is 0. The number of nitrogens with zero attached hydrogens (tertiary/aromatic N) is 3. The minimum absolute atomic E-state index is 0. The van der Waals surface area contributed by atoms with E-state index in [4.69, 9.17) is 5.11 Å². The van der Waals surface area contributed by atoms with Gasteiger partial charge in [0, 0.05) is 24.1 Å². The summed E-state index contributed by atoms with van der Waals surface area (Å²) in [6, 6.07) is 6.04. The zero-order valence-corrected chi connectivity index (χ0v) is 12.5. The standard InChI is InChI=1S/C16H10F2N4O3.Na.H/c17-9-6-10(18)8-11(7-9)20-16(25)22-5-3-13(21-22)14-12(15(23)24)2-1-4-19-14;;/h1-8H,(H,20,25)(H,23,24);;. The Morgan fingerprint density at radius 3 is 2.46 bits per heavy atom. The Hall–Kier alpha value is -2.62. The van der Waals surface area contributed by atoms with Crippen LogP contribution < -0.4 is 5.32 Å². The van der Waals surface area contributed by atoms with Gasteiger partial charge in [0.2, 0.25) is 0 Å². The van der Waals surface area contributed by atoms with Crippen molar-refractivity contribution in [1.82, 2.24) is 14.8 Å². The molecule has 26 heavy (non-hydrogen) atoms. The number of amides is 1. The van der Waals surface area contributed by atoms with Gasteiger partial charge in [0.1, 0.15) is 23.0 Å². The van der Waals surface area contributed by atoms with Crippen LogP contribution >= 0.6 is 0 Å². The number of anilines is 1. The summed E-state index contributed by atoms with van der Waals surface area (Å²) in [5.74, 6) is -2.86. The summed E-state index contributed by atoms with van der Waals surface area (Å²) in [7, 11) is 0. The SMILES string of the molecule is O=C(O)c1cccnc1-c1ccn(C(=O)Nc2cc(F)cc(F)c2)n1.[NaH]. The molecule has 0 saturated heterocycles. The number of carboxylic acid groups (broad SMARTS) is 1. The van der Waals surface area contributed by atoms with E-state index in [1.165, 1.54) is 30.6 Å². The van der Waals surface area contributed by atoms with Crippen LogP contribution in [-0.4, -0.2) is 61.4 Å². The molecule has 2 heterocycles. The first kappa shape index (κ1) is 19.7. The Bertz CT molecular complexity index is 957. The molecule has 1 amide bonds. The number of halogens is 2. The number of pyridine rings is 1. The summed E-state index contributed by atoms with van der Waals surface area (Å²) < 4.78 is 27.2. The molecule has 0 saturated carbocycles. The zero-order valence-electron chi connectivity index (χ0n) is 12.5. The van der Waals surface area contributed by atoms with Gasteiger partial charge in [-0.15, -0.1) is 0 Å². The molecule has 10 heteroatoms. The van der Waals surface area contributed by atoms with E-state index < -0.39 is 23.6 Å². The van der Waals surface area contributed by atoms with Crippen LogP contribution in [-0.2, 0) is 0 Å². The molecule has 128 valence electrons. The van der Waals surface area contributed by atoms with Gasteiger partial charge in [-0.1, -0.05) is 0 Å². The first-order valence-electron chi connectivity index (χ1n) is 6.96. The molecule has 0 aliphatic heterocycles. The van der Waals surface area contributed by atoms with Crippen molar-refractivity contribution in [2.75, 3.05) is 5.32 Å². The third-order valence-electron chi connectivity index (χ3n) is 3.19. The third-order valence-corrected chi connectivity index (χ3v) is 3.19. The van der Waals surface area contributed by atoms with Crippen LogP contribution in [0.1, 0.15) is 10.4 Å². The average Bonchev–Trinajstić information content (AvgIpc) is 3.03. The molecular weight excluding hydrogens is 357 g/mol. The maximum atomic E-state index is 13.1. The Morgan fingerprint density at radius 2 is 1.81 bits per heavy atom. The molecule has 0 unspecified atom stereocenters. The van der Waals surface area contributed by atoms with Crippen LogP contribution in [0.15, 0.2) is 48.8 Å². The fourth-order valence-electron chi connectivity index (χ4n) is 2.15. The van der Waals surface area contributed by atoms with Crippen molar-refractivity contribution in [2.24, 2.45) is 0 Å². The Labute approximate surface area is 168 Å². The number of benzene rings is 1. The van der Waals surface area contributed by atoms with Gasteiger partial charge >= 0.3 is 41.6 Å². The second-order valence-corrected chi connectivity index (χ2v) is 4.94. The van der Waals surface area contributed by atoms with Gasteiger partial charge < -0.3 is 10.4 Å². The predicted octanol–water partition coefficient (Wildman–Crippen LogP) is 2.35. The summed E-state index contributed by atoms with van der Waals surface area (Å²) in [5.41, 5.74) is 0.112. The molecule has 0 bridgehead atoms. The van der Waals surface area contributed by atoms with Crippen LogP contribution in [0, 0.1) is 11.6 Å². The molecule has 7 nitrogen and oxygen atoms in total. The normalized spacial score (nSPS) is 10.1. The molecular formula is C16H11F2N4NaO3. The topological polar surface area (TPSA) is 97.1 Å². The van der Waals surface area contributed by atoms with E-state index in [2.05, 4.69) is 15.4 Å². The van der Waals surface area contributed by atoms with E-state index in [9.17, 15) is 18.4 Å². The first-order chi connectivity index (χ1) is 11.9. The van der Waals surface area contributed by atoms with E-state index >= 15 is 0 Å². The molecule has 0 aliphatic carbocycles. The third kappa shape index (κ3) is 4.31. The molecule has 0 spiro atoms. The second-order valence-electron chi connectivity index (χ2n) is 4.94. The van der Waals surface area contributed by atoms with E-state index in [0.29, 0.717) is 6.07 Å². The first-order valence-corrected chi connectivity index (χ1v) is 6.96. The number of hydrogen-bond acceptors (Lipinski definition) is 4. The summed E-state index contributed by atoms with van der Waals surface area (Å²) in [6.07, 6.45) is 2.68. The van der Waals surface area contributed by atoms with Gasteiger partial charge in [-0.2, -0.15) is 9.78 Å². The minimum atomic E-state index is -1.18. The van der Waals surface area contributed by atoms with Crippen LogP contribution in [0.2, 0.25) is 0 Å². The van der Waals surface area contributed by atoms with Crippen LogP contribution in [0.4, 0.5) is 19.3 Å². The van der Waals surface area contributed by atoms with Gasteiger partial charge in [0.15, 0.2) is 0 Å². The number of aromatic nitrogens is 3. The molecule has 3 aromatic rings. The van der Waals surface area contributed by atoms with Gasteiger partial charge in [-0.25, -0.2) is 18.4 Å². The molecule has 0 fully saturated rings. The number of carbonyl (C=O) groups excluding carboxylic acids is 1. The Kier molecular flexibility index (Phi) is 6.19. The number of nitrogens with one attached hydrogen (secondary N) is 1. The summed E-state index contributed by atoms with van der Waals surface area (Å²) in [6.45, 7) is 0. The average molecular weight is 368 g/mol. The van der Waals surface area contributed by atoms with Crippen molar-refractivity contribution in [3.05, 3.63) is 66.0 Å². The monoisotopic (exact) mass is 368 g/mol. The van der Waals surface area contributed by atoms with E-state index in [1.807, 2.05) is 0 Å². The zero-order chi connectivity index (χ0) is 18.0. The van der Waals surface area contributed by atoms with E-state index in [1.54, 1.807) is 0 Å². The van der Waals surface area contributed by atoms with Crippen molar-refractivity contribution in [2.45, 2.75) is 0 Å². The van der Waals surface area contributed by atoms with Crippen molar-refractivity contribution in [3.63, 3.8) is 0 Å². The molecule has 3 rings (SSSR count). The number of aromatic carboxylic acids is 1. The maximum absolute atomic E-state index is 13.1. The quantitative estimate of drug-likeness (QED) is 0.692. The predicted molar refractivity (Wildman–Crippen MR) is 90.3 cm³/mol. The molecule has 0 radical (unpaired) electrons. The van der Waals surface area contributed by atoms with E-state index in [-0.39, 0.29) is 52.2 Å². The molecule has 2 N–H and O–H groups in total. The van der Waals surface area contributed by atoms with Gasteiger partial charge in [0.25, 0.3) is 0 Å². The van der Waals surface area contributed by atoms with Crippen molar-refractivity contribution in [3.8, 4) is 11.4 Å². The fraction of sp³-hybridized carbons (Fsp3) is 0. The van der Waals surface area contributed by atoms with E-state index in [0.717, 1.165) is 16.8 Å². The number of hydrogen-bond donors (Lipinski definition) is 2. The van der Waals surface area contributed by atoms with Crippen molar-refractivity contribution in [1.29, 1.82) is 0 Å². The van der Waals surface area contributed by atoms with Crippen molar-refractivity contribution < 1.29 is 23.5 Å². The van der Waals surface area contributed by atoms with Crippen LogP contribution in [0.3, 0.4) is 0 Å². The summed E-state index contributed by atoms with van der Waals surface area (Å²) in [5, 5.41) is 15.4. The molecule has 0 atom stereocenters.